The van der Waals surface area contributed by atoms with E-state index in [2.05, 4.69) is 44.0 Å². The first-order chi connectivity index (χ1) is 14.2. The van der Waals surface area contributed by atoms with Crippen LogP contribution < -0.4 is 4.74 Å². The Hall–Kier alpha value is -1.90. The maximum Gasteiger partial charge on any atom is 0.159 e. The van der Waals surface area contributed by atoms with Gasteiger partial charge >= 0.3 is 0 Å². The molecule has 0 aliphatic heterocycles. The van der Waals surface area contributed by atoms with E-state index in [0.717, 1.165) is 35.9 Å². The van der Waals surface area contributed by atoms with Crippen molar-refractivity contribution >= 4 is 0 Å². The Labute approximate surface area is 178 Å². The molecule has 0 bridgehead atoms. The molecular weight excluding hydrogens is 356 g/mol. The lowest BCUT2D eigenvalue weighted by Crippen LogP contribution is -2.00. The van der Waals surface area contributed by atoms with E-state index < -0.39 is 0 Å². The van der Waals surface area contributed by atoms with Gasteiger partial charge in [-0.1, -0.05) is 78.6 Å². The minimum atomic E-state index is 0.480. The first kappa shape index (κ1) is 23.4. The third kappa shape index (κ3) is 8.97. The summed E-state index contributed by atoms with van der Waals surface area (Å²) >= 11 is 0. The molecule has 0 aliphatic carbocycles. The van der Waals surface area contributed by atoms with Crippen molar-refractivity contribution in [3.8, 4) is 17.1 Å². The molecule has 0 radical (unpaired) electrons. The molecule has 1 unspecified atom stereocenters. The quantitative estimate of drug-likeness (QED) is 0.286. The van der Waals surface area contributed by atoms with Crippen molar-refractivity contribution < 1.29 is 4.74 Å². The number of nitrogens with zero attached hydrogens (tertiary/aromatic N) is 2. The smallest absolute Gasteiger partial charge is 0.159 e. The predicted octanol–water partition coefficient (Wildman–Crippen LogP) is 7.96. The van der Waals surface area contributed by atoms with Gasteiger partial charge in [0.25, 0.3) is 0 Å². The Morgan fingerprint density at radius 1 is 0.793 bits per heavy atom. The van der Waals surface area contributed by atoms with Crippen molar-refractivity contribution in [3.63, 3.8) is 0 Å². The maximum absolute atomic E-state index is 5.89. The Balaban J connectivity index is 1.81. The van der Waals surface area contributed by atoms with E-state index in [1.807, 2.05) is 18.3 Å². The van der Waals surface area contributed by atoms with E-state index in [9.17, 15) is 0 Å². The molecule has 1 aromatic carbocycles. The van der Waals surface area contributed by atoms with Crippen LogP contribution in [0.5, 0.6) is 5.75 Å². The monoisotopic (exact) mass is 396 g/mol. The van der Waals surface area contributed by atoms with Crippen LogP contribution in [0.15, 0.2) is 36.5 Å². The fourth-order valence-electron chi connectivity index (χ4n) is 3.58. The number of unbranched alkanes of at least 4 members (excludes halogenated alkanes) is 8. The first-order valence-electron chi connectivity index (χ1n) is 11.8. The molecule has 3 nitrogen and oxygen atoms in total. The average Bonchev–Trinajstić information content (AvgIpc) is 2.76. The molecule has 1 atom stereocenters. The summed E-state index contributed by atoms with van der Waals surface area (Å²) in [5, 5.41) is 0. The summed E-state index contributed by atoms with van der Waals surface area (Å²) in [6, 6.07) is 10.3. The second-order valence-corrected chi connectivity index (χ2v) is 8.20. The van der Waals surface area contributed by atoms with Gasteiger partial charge in [-0.3, -0.25) is 0 Å². The first-order valence-corrected chi connectivity index (χ1v) is 11.8. The van der Waals surface area contributed by atoms with Crippen LogP contribution in [0.4, 0.5) is 0 Å². The van der Waals surface area contributed by atoms with Crippen LogP contribution in [0, 0.1) is 0 Å². The highest BCUT2D eigenvalue weighted by atomic mass is 16.5. The summed E-state index contributed by atoms with van der Waals surface area (Å²) in [6.07, 6.45) is 16.0. The van der Waals surface area contributed by atoms with Gasteiger partial charge in [-0.05, 0) is 49.1 Å². The lowest BCUT2D eigenvalue weighted by molar-refractivity contribution is 0.304. The highest BCUT2D eigenvalue weighted by Crippen LogP contribution is 2.24. The van der Waals surface area contributed by atoms with Gasteiger partial charge in [-0.25, -0.2) is 9.97 Å². The van der Waals surface area contributed by atoms with Crippen molar-refractivity contribution in [2.75, 3.05) is 6.61 Å². The molecule has 1 aromatic heterocycles. The summed E-state index contributed by atoms with van der Waals surface area (Å²) in [7, 11) is 0. The largest absolute Gasteiger partial charge is 0.494 e. The molecule has 0 spiro atoms. The third-order valence-electron chi connectivity index (χ3n) is 5.55. The van der Waals surface area contributed by atoms with Gasteiger partial charge in [0.05, 0.1) is 6.61 Å². The molecule has 3 heteroatoms. The average molecular weight is 397 g/mol. The molecule has 1 heterocycles. The highest BCUT2D eigenvalue weighted by molar-refractivity contribution is 5.56. The normalized spacial score (nSPS) is 12.1. The molecule has 0 N–H and O–H groups in total. The molecule has 0 aliphatic rings. The molecule has 0 saturated heterocycles. The van der Waals surface area contributed by atoms with Crippen LogP contribution in [-0.4, -0.2) is 16.6 Å². The molecular formula is C26H40N2O. The third-order valence-corrected chi connectivity index (χ3v) is 5.55. The number of rotatable bonds is 15. The second kappa shape index (κ2) is 14.1. The lowest BCUT2D eigenvalue weighted by atomic mass is 9.99. The van der Waals surface area contributed by atoms with Crippen LogP contribution in [0.2, 0.25) is 0 Å². The van der Waals surface area contributed by atoms with E-state index in [1.165, 1.54) is 64.2 Å². The predicted molar refractivity (Wildman–Crippen MR) is 124 cm³/mol. The van der Waals surface area contributed by atoms with Gasteiger partial charge in [-0.2, -0.15) is 0 Å². The Morgan fingerprint density at radius 2 is 1.45 bits per heavy atom. The Kier molecular flexibility index (Phi) is 11.4. The van der Waals surface area contributed by atoms with Crippen LogP contribution in [0.3, 0.4) is 0 Å². The summed E-state index contributed by atoms with van der Waals surface area (Å²) in [5.41, 5.74) is 2.20. The van der Waals surface area contributed by atoms with Crippen molar-refractivity contribution in [2.24, 2.45) is 0 Å². The zero-order valence-electron chi connectivity index (χ0n) is 18.8. The van der Waals surface area contributed by atoms with Crippen LogP contribution in [-0.2, 0) is 0 Å². The van der Waals surface area contributed by atoms with E-state index in [0.29, 0.717) is 5.92 Å². The van der Waals surface area contributed by atoms with Crippen LogP contribution >= 0.6 is 0 Å². The molecule has 29 heavy (non-hydrogen) atoms. The molecule has 0 amide bonds. The number of hydrogen-bond donors (Lipinski definition) is 0. The van der Waals surface area contributed by atoms with E-state index in [-0.39, 0.29) is 0 Å². The Morgan fingerprint density at radius 3 is 2.17 bits per heavy atom. The number of aromatic nitrogens is 2. The molecule has 160 valence electrons. The summed E-state index contributed by atoms with van der Waals surface area (Å²) in [5.74, 6) is 2.22. The standard InChI is InChI=1S/C26H40N2O/c1-4-6-8-10-11-13-21-29-24-17-15-23(16-18-24)26-27-20-19-25(28-26)22(3)14-12-9-7-5-2/h15-20,22H,4-14,21H2,1-3H3. The lowest BCUT2D eigenvalue weighted by Gasteiger charge is -2.12. The van der Waals surface area contributed by atoms with Gasteiger partial charge < -0.3 is 4.74 Å². The van der Waals surface area contributed by atoms with Gasteiger partial charge in [0.15, 0.2) is 5.82 Å². The Bertz CT molecular complexity index is 669. The van der Waals surface area contributed by atoms with Crippen molar-refractivity contribution in [1.82, 2.24) is 9.97 Å². The van der Waals surface area contributed by atoms with E-state index in [1.54, 1.807) is 0 Å². The van der Waals surface area contributed by atoms with E-state index >= 15 is 0 Å². The van der Waals surface area contributed by atoms with Crippen molar-refractivity contribution in [3.05, 3.63) is 42.2 Å². The number of benzene rings is 1. The van der Waals surface area contributed by atoms with Gasteiger partial charge in [0, 0.05) is 17.5 Å². The second-order valence-electron chi connectivity index (χ2n) is 8.20. The van der Waals surface area contributed by atoms with Crippen molar-refractivity contribution in [2.45, 2.75) is 97.3 Å². The van der Waals surface area contributed by atoms with Crippen molar-refractivity contribution in [1.29, 1.82) is 0 Å². The fraction of sp³-hybridized carbons (Fsp3) is 0.615. The van der Waals surface area contributed by atoms with Gasteiger partial charge in [-0.15, -0.1) is 0 Å². The molecule has 2 rings (SSSR count). The van der Waals surface area contributed by atoms with Crippen LogP contribution in [0.25, 0.3) is 11.4 Å². The summed E-state index contributed by atoms with van der Waals surface area (Å²) in [6.45, 7) is 7.58. The molecule has 2 aromatic rings. The topological polar surface area (TPSA) is 35.0 Å². The minimum Gasteiger partial charge on any atom is -0.494 e. The van der Waals surface area contributed by atoms with E-state index in [4.69, 9.17) is 9.72 Å². The zero-order valence-corrected chi connectivity index (χ0v) is 18.8. The fourth-order valence-corrected chi connectivity index (χ4v) is 3.58. The molecule has 0 saturated carbocycles. The number of hydrogen-bond acceptors (Lipinski definition) is 3. The van der Waals surface area contributed by atoms with Gasteiger partial charge in [0.2, 0.25) is 0 Å². The minimum absolute atomic E-state index is 0.480. The summed E-state index contributed by atoms with van der Waals surface area (Å²) < 4.78 is 5.89. The molecule has 0 fully saturated rings. The number of ether oxygens (including phenoxy) is 1. The highest BCUT2D eigenvalue weighted by Gasteiger charge is 2.09. The zero-order chi connectivity index (χ0) is 20.7. The van der Waals surface area contributed by atoms with Crippen LogP contribution in [0.1, 0.15) is 103 Å². The van der Waals surface area contributed by atoms with Gasteiger partial charge in [0.1, 0.15) is 5.75 Å². The summed E-state index contributed by atoms with van der Waals surface area (Å²) in [4.78, 5) is 9.32. The maximum atomic E-state index is 5.89. The SMILES string of the molecule is CCCCCCCCOc1ccc(-c2nccc(C(C)CCCCCC)n2)cc1.